The minimum absolute atomic E-state index is 0.238. The van der Waals surface area contributed by atoms with Crippen LogP contribution in [0.25, 0.3) is 0 Å². The SMILES string of the molecule is CN1CCN(c2nnc(CCl)o2)c2ccccc21. The lowest BCUT2D eigenvalue weighted by Crippen LogP contribution is -2.36. The van der Waals surface area contributed by atoms with Gasteiger partial charge in [0.05, 0.1) is 11.4 Å². The molecular weight excluding hydrogens is 252 g/mol. The molecule has 18 heavy (non-hydrogen) atoms. The highest BCUT2D eigenvalue weighted by molar-refractivity contribution is 6.16. The molecule has 5 nitrogen and oxygen atoms in total. The van der Waals surface area contributed by atoms with Gasteiger partial charge in [-0.3, -0.25) is 4.90 Å². The van der Waals surface area contributed by atoms with Crippen molar-refractivity contribution in [3.05, 3.63) is 30.2 Å². The monoisotopic (exact) mass is 264 g/mol. The summed E-state index contributed by atoms with van der Waals surface area (Å²) in [5.41, 5.74) is 2.24. The summed E-state index contributed by atoms with van der Waals surface area (Å²) in [6.45, 7) is 1.73. The van der Waals surface area contributed by atoms with Gasteiger partial charge in [0.2, 0.25) is 5.89 Å². The standard InChI is InChI=1S/C12H13ClN4O/c1-16-6-7-17(10-5-3-2-4-9(10)16)12-15-14-11(8-13)18-12/h2-5H,6-8H2,1H3. The molecule has 1 aromatic heterocycles. The molecule has 2 aromatic rings. The van der Waals surface area contributed by atoms with Gasteiger partial charge < -0.3 is 9.32 Å². The van der Waals surface area contributed by atoms with E-state index in [4.69, 9.17) is 16.0 Å². The number of fused-ring (bicyclic) bond motifs is 1. The van der Waals surface area contributed by atoms with Crippen LogP contribution in [0.1, 0.15) is 5.89 Å². The van der Waals surface area contributed by atoms with Crippen molar-refractivity contribution in [2.75, 3.05) is 29.9 Å². The van der Waals surface area contributed by atoms with Crippen LogP contribution in [0.15, 0.2) is 28.7 Å². The summed E-state index contributed by atoms with van der Waals surface area (Å²) in [6.07, 6.45) is 0. The summed E-state index contributed by atoms with van der Waals surface area (Å²) in [5, 5.41) is 7.94. The minimum Gasteiger partial charge on any atom is -0.406 e. The maximum absolute atomic E-state index is 5.68. The first kappa shape index (κ1) is 11.3. The minimum atomic E-state index is 0.238. The molecule has 1 aliphatic rings. The van der Waals surface area contributed by atoms with Gasteiger partial charge in [-0.15, -0.1) is 16.7 Å². The fraction of sp³-hybridized carbons (Fsp3) is 0.333. The Kier molecular flexibility index (Phi) is 2.83. The summed E-state index contributed by atoms with van der Waals surface area (Å²) in [4.78, 5) is 4.24. The van der Waals surface area contributed by atoms with E-state index in [1.165, 1.54) is 0 Å². The normalized spacial score (nSPS) is 14.8. The Balaban J connectivity index is 2.01. The number of aromatic nitrogens is 2. The molecule has 0 unspecified atom stereocenters. The number of benzene rings is 1. The van der Waals surface area contributed by atoms with Crippen LogP contribution in [0, 0.1) is 0 Å². The van der Waals surface area contributed by atoms with Crippen molar-refractivity contribution < 1.29 is 4.42 Å². The van der Waals surface area contributed by atoms with Crippen molar-refractivity contribution >= 4 is 29.0 Å². The van der Waals surface area contributed by atoms with Gasteiger partial charge in [0.15, 0.2) is 0 Å². The van der Waals surface area contributed by atoms with E-state index >= 15 is 0 Å². The van der Waals surface area contributed by atoms with Gasteiger partial charge in [-0.05, 0) is 12.1 Å². The first-order valence-electron chi connectivity index (χ1n) is 5.75. The highest BCUT2D eigenvalue weighted by Gasteiger charge is 2.24. The zero-order chi connectivity index (χ0) is 12.5. The Hall–Kier alpha value is -1.75. The van der Waals surface area contributed by atoms with Crippen molar-refractivity contribution in [2.24, 2.45) is 0 Å². The third kappa shape index (κ3) is 1.80. The second-order valence-electron chi connectivity index (χ2n) is 4.17. The van der Waals surface area contributed by atoms with Crippen molar-refractivity contribution in [2.45, 2.75) is 5.88 Å². The van der Waals surface area contributed by atoms with E-state index in [0.29, 0.717) is 11.9 Å². The molecule has 0 radical (unpaired) electrons. The number of rotatable bonds is 2. The van der Waals surface area contributed by atoms with E-state index < -0.39 is 0 Å². The average molecular weight is 265 g/mol. The molecule has 0 bridgehead atoms. The first-order valence-corrected chi connectivity index (χ1v) is 6.29. The number of hydrogen-bond acceptors (Lipinski definition) is 5. The molecule has 0 amide bonds. The molecule has 0 aliphatic carbocycles. The largest absolute Gasteiger partial charge is 0.406 e. The van der Waals surface area contributed by atoms with Gasteiger partial charge in [0, 0.05) is 20.1 Å². The van der Waals surface area contributed by atoms with Gasteiger partial charge in [-0.2, -0.15) is 0 Å². The third-order valence-corrected chi connectivity index (χ3v) is 3.27. The Labute approximate surface area is 110 Å². The molecule has 0 fully saturated rings. The molecule has 0 saturated carbocycles. The van der Waals surface area contributed by atoms with E-state index in [1.54, 1.807) is 0 Å². The third-order valence-electron chi connectivity index (χ3n) is 3.04. The molecule has 3 rings (SSSR count). The average Bonchev–Trinajstić information content (AvgIpc) is 2.88. The summed E-state index contributed by atoms with van der Waals surface area (Å²) in [7, 11) is 2.08. The lowest BCUT2D eigenvalue weighted by Gasteiger charge is -2.34. The van der Waals surface area contributed by atoms with Crippen molar-refractivity contribution in [1.82, 2.24) is 10.2 Å². The van der Waals surface area contributed by atoms with Crippen molar-refractivity contribution in [3.63, 3.8) is 0 Å². The molecule has 0 N–H and O–H groups in total. The Morgan fingerprint density at radius 2 is 2.00 bits per heavy atom. The molecule has 6 heteroatoms. The van der Waals surface area contributed by atoms with Crippen LogP contribution < -0.4 is 9.80 Å². The summed E-state index contributed by atoms with van der Waals surface area (Å²) in [5.74, 6) is 0.686. The first-order chi connectivity index (χ1) is 8.79. The fourth-order valence-corrected chi connectivity index (χ4v) is 2.22. The van der Waals surface area contributed by atoms with Gasteiger partial charge in [-0.1, -0.05) is 17.2 Å². The summed E-state index contributed by atoms with van der Waals surface area (Å²) in [6, 6.07) is 8.67. The maximum atomic E-state index is 5.68. The molecule has 0 atom stereocenters. The van der Waals surface area contributed by atoms with Gasteiger partial charge in [-0.25, -0.2) is 0 Å². The van der Waals surface area contributed by atoms with Crippen LogP contribution in [-0.2, 0) is 5.88 Å². The predicted octanol–water partition coefficient (Wildman–Crippen LogP) is 2.40. The predicted molar refractivity (Wildman–Crippen MR) is 70.6 cm³/mol. The van der Waals surface area contributed by atoms with Gasteiger partial charge in [0.1, 0.15) is 5.88 Å². The summed E-state index contributed by atoms with van der Waals surface area (Å²) < 4.78 is 5.52. The topological polar surface area (TPSA) is 45.4 Å². The Morgan fingerprint density at radius 1 is 1.22 bits per heavy atom. The van der Waals surface area contributed by atoms with Crippen LogP contribution in [0.4, 0.5) is 17.4 Å². The van der Waals surface area contributed by atoms with E-state index in [2.05, 4.69) is 34.3 Å². The number of para-hydroxylation sites is 2. The van der Waals surface area contributed by atoms with E-state index in [-0.39, 0.29) is 5.88 Å². The van der Waals surface area contributed by atoms with Crippen molar-refractivity contribution in [1.29, 1.82) is 0 Å². The fourth-order valence-electron chi connectivity index (χ4n) is 2.11. The van der Waals surface area contributed by atoms with Crippen molar-refractivity contribution in [3.8, 4) is 0 Å². The van der Waals surface area contributed by atoms with Crippen LogP contribution >= 0.6 is 11.6 Å². The van der Waals surface area contributed by atoms with Crippen LogP contribution in [-0.4, -0.2) is 30.3 Å². The smallest absolute Gasteiger partial charge is 0.322 e. The molecule has 1 aromatic carbocycles. The number of hydrogen-bond donors (Lipinski definition) is 0. The summed E-state index contributed by atoms with van der Waals surface area (Å²) >= 11 is 5.68. The van der Waals surface area contributed by atoms with Gasteiger partial charge in [0.25, 0.3) is 0 Å². The number of alkyl halides is 1. The quantitative estimate of drug-likeness (QED) is 0.780. The lowest BCUT2D eigenvalue weighted by molar-refractivity contribution is 0.510. The second kappa shape index (κ2) is 4.49. The number of anilines is 3. The second-order valence-corrected chi connectivity index (χ2v) is 4.44. The molecule has 1 aliphatic heterocycles. The zero-order valence-corrected chi connectivity index (χ0v) is 10.8. The van der Waals surface area contributed by atoms with E-state index in [0.717, 1.165) is 24.5 Å². The molecule has 0 spiro atoms. The maximum Gasteiger partial charge on any atom is 0.322 e. The number of likely N-dealkylation sites (N-methyl/N-ethyl adjacent to an activating group) is 1. The van der Waals surface area contributed by atoms with Crippen LogP contribution in [0.2, 0.25) is 0 Å². The van der Waals surface area contributed by atoms with E-state index in [9.17, 15) is 0 Å². The Bertz CT molecular complexity index is 557. The van der Waals surface area contributed by atoms with Crippen LogP contribution in [0.3, 0.4) is 0 Å². The highest BCUT2D eigenvalue weighted by Crippen LogP contribution is 2.36. The molecule has 94 valence electrons. The highest BCUT2D eigenvalue weighted by atomic mass is 35.5. The van der Waals surface area contributed by atoms with E-state index in [1.807, 2.05) is 17.0 Å². The van der Waals surface area contributed by atoms with Crippen LogP contribution in [0.5, 0.6) is 0 Å². The lowest BCUT2D eigenvalue weighted by atomic mass is 10.2. The molecule has 0 saturated heterocycles. The Morgan fingerprint density at radius 3 is 2.72 bits per heavy atom. The number of nitrogens with zero attached hydrogens (tertiary/aromatic N) is 4. The molecule has 2 heterocycles. The molecular formula is C12H13ClN4O. The number of halogens is 1. The van der Waals surface area contributed by atoms with Gasteiger partial charge >= 0.3 is 6.01 Å². The zero-order valence-electron chi connectivity index (χ0n) is 10.0.